The fourth-order valence-electron chi connectivity index (χ4n) is 2.34. The Morgan fingerprint density at radius 1 is 1.15 bits per heavy atom. The summed E-state index contributed by atoms with van der Waals surface area (Å²) in [6.45, 7) is 6.44. The van der Waals surface area contributed by atoms with Gasteiger partial charge in [0.2, 0.25) is 0 Å². The topological polar surface area (TPSA) is 88.4 Å². The molecule has 2 atom stereocenters. The third-order valence-electron chi connectivity index (χ3n) is 4.52. The van der Waals surface area contributed by atoms with Gasteiger partial charge in [-0.25, -0.2) is 4.79 Å². The number of nitrogens with one attached hydrogen (secondary N) is 1. The average Bonchev–Trinajstić information content (AvgIpc) is 2.65. The van der Waals surface area contributed by atoms with Crippen molar-refractivity contribution in [1.29, 1.82) is 5.26 Å². The maximum Gasteiger partial charge on any atom is 0.344 e. The lowest BCUT2D eigenvalue weighted by Crippen LogP contribution is -2.52. The van der Waals surface area contributed by atoms with Crippen molar-refractivity contribution in [1.82, 2.24) is 5.32 Å². The van der Waals surface area contributed by atoms with Gasteiger partial charge in [0.15, 0.2) is 12.7 Å². The Hall–Kier alpha value is -3.07. The van der Waals surface area contributed by atoms with Crippen LogP contribution < -0.4 is 10.1 Å². The molecule has 0 aliphatic heterocycles. The molecule has 0 saturated heterocycles. The Morgan fingerprint density at radius 3 is 2.44 bits per heavy atom. The highest BCUT2D eigenvalue weighted by Gasteiger charge is 2.32. The van der Waals surface area contributed by atoms with E-state index in [-0.39, 0.29) is 12.5 Å². The van der Waals surface area contributed by atoms with Gasteiger partial charge >= 0.3 is 5.97 Å². The quantitative estimate of drug-likeness (QED) is 0.758. The molecule has 2 rings (SSSR count). The second-order valence-corrected chi connectivity index (χ2v) is 6.89. The standard InChI is InChI=1S/C21H24N2O4/c1-14(2)21(4,13-22)23-20(25)15(3)27-19(24)12-26-18-10-9-16-7-5-6-8-17(16)11-18/h5-11,14-15H,12H2,1-4H3,(H,23,25)/t15-,21+/m0/s1. The summed E-state index contributed by atoms with van der Waals surface area (Å²) in [5.41, 5.74) is -1.03. The number of esters is 1. The SMILES string of the molecule is CC(C)[C@@](C)(C#N)NC(=O)[C@H](C)OC(=O)COc1ccc2ccccc2c1. The molecule has 0 unspecified atom stereocenters. The van der Waals surface area contributed by atoms with Crippen LogP contribution in [0.4, 0.5) is 0 Å². The third-order valence-corrected chi connectivity index (χ3v) is 4.52. The zero-order valence-corrected chi connectivity index (χ0v) is 16.0. The maximum absolute atomic E-state index is 12.2. The van der Waals surface area contributed by atoms with Crippen LogP contribution in [-0.4, -0.2) is 30.1 Å². The van der Waals surface area contributed by atoms with Gasteiger partial charge in [-0.1, -0.05) is 44.2 Å². The van der Waals surface area contributed by atoms with Crippen molar-refractivity contribution in [3.63, 3.8) is 0 Å². The number of rotatable bonds is 7. The lowest BCUT2D eigenvalue weighted by Gasteiger charge is -2.28. The van der Waals surface area contributed by atoms with Crippen LogP contribution in [0, 0.1) is 17.2 Å². The Balaban J connectivity index is 1.88. The van der Waals surface area contributed by atoms with Crippen LogP contribution in [0.15, 0.2) is 42.5 Å². The molecule has 1 amide bonds. The third kappa shape index (κ3) is 5.20. The first-order chi connectivity index (χ1) is 12.7. The van der Waals surface area contributed by atoms with Crippen LogP contribution in [-0.2, 0) is 14.3 Å². The highest BCUT2D eigenvalue weighted by atomic mass is 16.6. The number of nitrogens with zero attached hydrogens (tertiary/aromatic N) is 1. The first-order valence-electron chi connectivity index (χ1n) is 8.79. The molecule has 0 radical (unpaired) electrons. The van der Waals surface area contributed by atoms with Crippen LogP contribution in [0.25, 0.3) is 10.8 Å². The molecule has 1 N–H and O–H groups in total. The van der Waals surface area contributed by atoms with E-state index in [4.69, 9.17) is 9.47 Å². The lowest BCUT2D eigenvalue weighted by molar-refractivity contribution is -0.157. The van der Waals surface area contributed by atoms with E-state index in [9.17, 15) is 14.9 Å². The molecule has 2 aromatic rings. The van der Waals surface area contributed by atoms with Crippen LogP contribution in [0.5, 0.6) is 5.75 Å². The van der Waals surface area contributed by atoms with Crippen LogP contribution in [0.2, 0.25) is 0 Å². The molecule has 0 aliphatic rings. The van der Waals surface area contributed by atoms with E-state index in [1.165, 1.54) is 6.92 Å². The molecule has 6 heteroatoms. The molecule has 27 heavy (non-hydrogen) atoms. The molecule has 0 heterocycles. The largest absolute Gasteiger partial charge is 0.482 e. The molecule has 0 aliphatic carbocycles. The smallest absolute Gasteiger partial charge is 0.344 e. The summed E-state index contributed by atoms with van der Waals surface area (Å²) < 4.78 is 10.6. The summed E-state index contributed by atoms with van der Waals surface area (Å²) in [5.74, 6) is -0.731. The highest BCUT2D eigenvalue weighted by Crippen LogP contribution is 2.20. The van der Waals surface area contributed by atoms with Crippen molar-refractivity contribution in [3.05, 3.63) is 42.5 Å². The summed E-state index contributed by atoms with van der Waals surface area (Å²) in [6.07, 6.45) is -1.02. The fraction of sp³-hybridized carbons (Fsp3) is 0.381. The normalized spacial score (nSPS) is 14.1. The number of benzene rings is 2. The molecule has 2 aromatic carbocycles. The molecule has 0 saturated carbocycles. The summed E-state index contributed by atoms with van der Waals surface area (Å²) in [5, 5.41) is 14.0. The van der Waals surface area contributed by atoms with E-state index in [1.807, 2.05) is 50.2 Å². The van der Waals surface area contributed by atoms with Crippen molar-refractivity contribution in [3.8, 4) is 11.8 Å². The van der Waals surface area contributed by atoms with Crippen LogP contribution in [0.3, 0.4) is 0 Å². The molecule has 6 nitrogen and oxygen atoms in total. The maximum atomic E-state index is 12.2. The summed E-state index contributed by atoms with van der Waals surface area (Å²) in [4.78, 5) is 24.2. The van der Waals surface area contributed by atoms with Crippen molar-refractivity contribution in [2.75, 3.05) is 6.61 Å². The number of nitriles is 1. The first kappa shape index (κ1) is 20.2. The molecule has 0 bridgehead atoms. The zero-order chi connectivity index (χ0) is 20.0. The number of fused-ring (bicyclic) bond motifs is 1. The minimum absolute atomic E-state index is 0.0920. The van der Waals surface area contributed by atoms with Crippen molar-refractivity contribution < 1.29 is 19.1 Å². The predicted octanol–water partition coefficient (Wildman–Crippen LogP) is 3.20. The molecule has 142 valence electrons. The number of amides is 1. The van der Waals surface area contributed by atoms with Gasteiger partial charge in [-0.05, 0) is 42.7 Å². The number of ether oxygens (including phenoxy) is 2. The molecule has 0 fully saturated rings. The Bertz CT molecular complexity index is 872. The number of carbonyl (C=O) groups excluding carboxylic acids is 2. The van der Waals surface area contributed by atoms with Gasteiger partial charge in [0.25, 0.3) is 5.91 Å². The minimum Gasteiger partial charge on any atom is -0.482 e. The number of hydrogen-bond acceptors (Lipinski definition) is 5. The fourth-order valence-corrected chi connectivity index (χ4v) is 2.34. The van der Waals surface area contributed by atoms with E-state index in [0.29, 0.717) is 5.75 Å². The number of carbonyl (C=O) groups is 2. The van der Waals surface area contributed by atoms with Gasteiger partial charge < -0.3 is 14.8 Å². The second kappa shape index (κ2) is 8.54. The van der Waals surface area contributed by atoms with Crippen molar-refractivity contribution in [2.45, 2.75) is 39.3 Å². The number of hydrogen-bond donors (Lipinski definition) is 1. The molecule has 0 spiro atoms. The first-order valence-corrected chi connectivity index (χ1v) is 8.79. The average molecular weight is 368 g/mol. The summed E-state index contributed by atoms with van der Waals surface area (Å²) >= 11 is 0. The van der Waals surface area contributed by atoms with Crippen LogP contribution >= 0.6 is 0 Å². The van der Waals surface area contributed by atoms with Gasteiger partial charge in [0.05, 0.1) is 6.07 Å². The van der Waals surface area contributed by atoms with E-state index in [0.717, 1.165) is 10.8 Å². The van der Waals surface area contributed by atoms with Crippen molar-refractivity contribution >= 4 is 22.6 Å². The van der Waals surface area contributed by atoms with Gasteiger partial charge in [0, 0.05) is 0 Å². The Morgan fingerprint density at radius 2 is 1.81 bits per heavy atom. The van der Waals surface area contributed by atoms with Gasteiger partial charge in [-0.3, -0.25) is 4.79 Å². The Labute approximate surface area is 159 Å². The molecular weight excluding hydrogens is 344 g/mol. The van der Waals surface area contributed by atoms with E-state index >= 15 is 0 Å². The monoisotopic (exact) mass is 368 g/mol. The Kier molecular flexibility index (Phi) is 6.40. The lowest BCUT2D eigenvalue weighted by atomic mass is 9.90. The van der Waals surface area contributed by atoms with Crippen LogP contribution in [0.1, 0.15) is 27.7 Å². The highest BCUT2D eigenvalue weighted by molar-refractivity contribution is 5.85. The van der Waals surface area contributed by atoms with E-state index < -0.39 is 23.5 Å². The molecule has 0 aromatic heterocycles. The van der Waals surface area contributed by atoms with E-state index in [2.05, 4.69) is 11.4 Å². The summed E-state index contributed by atoms with van der Waals surface area (Å²) in [6, 6.07) is 15.4. The second-order valence-electron chi connectivity index (χ2n) is 6.89. The predicted molar refractivity (Wildman–Crippen MR) is 102 cm³/mol. The van der Waals surface area contributed by atoms with Gasteiger partial charge in [-0.2, -0.15) is 5.26 Å². The van der Waals surface area contributed by atoms with E-state index in [1.54, 1.807) is 13.0 Å². The van der Waals surface area contributed by atoms with Crippen molar-refractivity contribution in [2.24, 2.45) is 5.92 Å². The van der Waals surface area contributed by atoms with Gasteiger partial charge in [-0.15, -0.1) is 0 Å². The minimum atomic E-state index is -1.03. The summed E-state index contributed by atoms with van der Waals surface area (Å²) in [7, 11) is 0. The van der Waals surface area contributed by atoms with Gasteiger partial charge in [0.1, 0.15) is 11.3 Å². The zero-order valence-electron chi connectivity index (χ0n) is 16.0. The molecular formula is C21H24N2O4.